The summed E-state index contributed by atoms with van der Waals surface area (Å²) in [6, 6.07) is 20.5. The number of hydrogen-bond donors (Lipinski definition) is 1. The van der Waals surface area contributed by atoms with E-state index in [4.69, 9.17) is 14.7 Å². The van der Waals surface area contributed by atoms with Crippen molar-refractivity contribution in [2.24, 2.45) is 9.98 Å². The van der Waals surface area contributed by atoms with Gasteiger partial charge in [-0.1, -0.05) is 24.3 Å². The summed E-state index contributed by atoms with van der Waals surface area (Å²) < 4.78 is 19.0. The number of ether oxygens (including phenoxy) is 1. The van der Waals surface area contributed by atoms with Crippen LogP contribution < -0.4 is 10.1 Å². The molecular formula is C29H33FN4O. The smallest absolute Gasteiger partial charge is 0.205 e. The largest absolute Gasteiger partial charge is 0.497 e. The van der Waals surface area contributed by atoms with Crippen molar-refractivity contribution >= 4 is 23.2 Å². The average molecular weight is 473 g/mol. The minimum absolute atomic E-state index is 0.288. The Labute approximate surface area is 207 Å². The highest BCUT2D eigenvalue weighted by Gasteiger charge is 2.23. The van der Waals surface area contributed by atoms with E-state index in [0.717, 1.165) is 53.5 Å². The highest BCUT2D eigenvalue weighted by molar-refractivity contribution is 6.11. The van der Waals surface area contributed by atoms with Crippen LogP contribution in [-0.2, 0) is 0 Å². The molecule has 1 saturated heterocycles. The van der Waals surface area contributed by atoms with Gasteiger partial charge >= 0.3 is 0 Å². The topological polar surface area (TPSA) is 49.2 Å². The molecule has 1 aliphatic rings. The Morgan fingerprint density at radius 1 is 1.00 bits per heavy atom. The van der Waals surface area contributed by atoms with Gasteiger partial charge in [0.25, 0.3) is 0 Å². The van der Waals surface area contributed by atoms with Gasteiger partial charge in [0, 0.05) is 29.9 Å². The number of likely N-dealkylation sites (tertiary alicyclic amines) is 1. The number of piperidine rings is 1. The van der Waals surface area contributed by atoms with Gasteiger partial charge < -0.3 is 15.0 Å². The molecule has 0 saturated carbocycles. The minimum atomic E-state index is -0.288. The van der Waals surface area contributed by atoms with E-state index in [-0.39, 0.29) is 5.82 Å². The molecule has 1 heterocycles. The molecule has 182 valence electrons. The van der Waals surface area contributed by atoms with Crippen LogP contribution in [0.2, 0.25) is 0 Å². The average Bonchev–Trinajstić information content (AvgIpc) is 2.85. The van der Waals surface area contributed by atoms with Gasteiger partial charge in [0.1, 0.15) is 11.6 Å². The molecule has 0 amide bonds. The van der Waals surface area contributed by atoms with E-state index in [9.17, 15) is 4.39 Å². The van der Waals surface area contributed by atoms with Crippen molar-refractivity contribution in [2.75, 3.05) is 19.0 Å². The first-order valence-electron chi connectivity index (χ1n) is 12.1. The predicted octanol–water partition coefficient (Wildman–Crippen LogP) is 6.87. The third kappa shape index (κ3) is 6.07. The van der Waals surface area contributed by atoms with Crippen LogP contribution in [-0.4, -0.2) is 36.4 Å². The zero-order valence-electron chi connectivity index (χ0n) is 20.9. The number of aryl methyl sites for hydroxylation is 2. The Balaban J connectivity index is 1.86. The zero-order chi connectivity index (χ0) is 24.8. The van der Waals surface area contributed by atoms with Crippen molar-refractivity contribution in [3.05, 3.63) is 89.2 Å². The molecular weight excluding hydrogens is 439 g/mol. The first-order chi connectivity index (χ1) is 16.9. The van der Waals surface area contributed by atoms with Gasteiger partial charge in [-0.25, -0.2) is 9.38 Å². The van der Waals surface area contributed by atoms with Crippen LogP contribution >= 0.6 is 0 Å². The van der Waals surface area contributed by atoms with E-state index in [1.54, 1.807) is 19.2 Å². The first-order valence-corrected chi connectivity index (χ1v) is 12.1. The Kier molecular flexibility index (Phi) is 7.80. The molecule has 0 bridgehead atoms. The van der Waals surface area contributed by atoms with Crippen molar-refractivity contribution in [3.8, 4) is 5.75 Å². The predicted molar refractivity (Wildman–Crippen MR) is 143 cm³/mol. The fourth-order valence-corrected chi connectivity index (χ4v) is 4.45. The fraction of sp³-hybridized carbons (Fsp3) is 0.310. The molecule has 0 aliphatic carbocycles. The quantitative estimate of drug-likeness (QED) is 0.333. The second-order valence-electron chi connectivity index (χ2n) is 9.01. The monoisotopic (exact) mass is 472 g/mol. The maximum atomic E-state index is 13.6. The number of amidine groups is 1. The van der Waals surface area contributed by atoms with Crippen LogP contribution in [0.4, 0.5) is 15.8 Å². The summed E-state index contributed by atoms with van der Waals surface area (Å²) in [7, 11) is 1.66. The van der Waals surface area contributed by atoms with E-state index in [1.807, 2.05) is 30.3 Å². The van der Waals surface area contributed by atoms with E-state index in [1.165, 1.54) is 18.6 Å². The molecule has 5 nitrogen and oxygen atoms in total. The molecule has 3 aromatic rings. The highest BCUT2D eigenvalue weighted by atomic mass is 19.1. The van der Waals surface area contributed by atoms with Crippen LogP contribution in [0.3, 0.4) is 0 Å². The fourth-order valence-electron chi connectivity index (χ4n) is 4.45. The second kappa shape index (κ2) is 11.2. The van der Waals surface area contributed by atoms with Gasteiger partial charge in [0.05, 0.1) is 12.8 Å². The summed E-state index contributed by atoms with van der Waals surface area (Å²) in [5, 5.41) is 3.54. The SMILES string of the molecule is COc1cccc(NC(=NC(=Nc2ccc(F)cc2)c2c(C)cccc2C)N2CCCCC2C)c1. The molecule has 3 aromatic carbocycles. The molecule has 1 atom stereocenters. The summed E-state index contributed by atoms with van der Waals surface area (Å²) in [4.78, 5) is 12.4. The van der Waals surface area contributed by atoms with Gasteiger partial charge in [-0.2, -0.15) is 4.99 Å². The maximum Gasteiger partial charge on any atom is 0.205 e. The molecule has 1 N–H and O–H groups in total. The third-order valence-electron chi connectivity index (χ3n) is 6.38. The van der Waals surface area contributed by atoms with Crippen molar-refractivity contribution in [1.29, 1.82) is 0 Å². The summed E-state index contributed by atoms with van der Waals surface area (Å²) in [5.41, 5.74) is 4.69. The molecule has 0 aromatic heterocycles. The lowest BCUT2D eigenvalue weighted by molar-refractivity contribution is 0.258. The van der Waals surface area contributed by atoms with Crippen LogP contribution in [0.15, 0.2) is 76.7 Å². The lowest BCUT2D eigenvalue weighted by Gasteiger charge is -2.36. The lowest BCUT2D eigenvalue weighted by atomic mass is 10.0. The number of methoxy groups -OCH3 is 1. The van der Waals surface area contributed by atoms with Gasteiger partial charge in [-0.05, 0) is 87.6 Å². The van der Waals surface area contributed by atoms with Crippen molar-refractivity contribution in [1.82, 2.24) is 4.90 Å². The lowest BCUT2D eigenvalue weighted by Crippen LogP contribution is -2.45. The van der Waals surface area contributed by atoms with Gasteiger partial charge in [-0.3, -0.25) is 0 Å². The Morgan fingerprint density at radius 3 is 2.40 bits per heavy atom. The highest BCUT2D eigenvalue weighted by Crippen LogP contribution is 2.24. The molecule has 1 fully saturated rings. The number of guanidine groups is 1. The Hall–Kier alpha value is -3.67. The van der Waals surface area contributed by atoms with Crippen molar-refractivity contribution in [2.45, 2.75) is 46.1 Å². The molecule has 0 spiro atoms. The molecule has 0 radical (unpaired) electrons. The van der Waals surface area contributed by atoms with E-state index < -0.39 is 0 Å². The van der Waals surface area contributed by atoms with E-state index in [0.29, 0.717) is 17.6 Å². The first kappa shape index (κ1) is 24.5. The number of anilines is 1. The van der Waals surface area contributed by atoms with Crippen LogP contribution in [0, 0.1) is 19.7 Å². The number of nitrogens with zero attached hydrogens (tertiary/aromatic N) is 3. The number of nitrogens with one attached hydrogen (secondary N) is 1. The van der Waals surface area contributed by atoms with Gasteiger partial charge in [0.2, 0.25) is 5.96 Å². The summed E-state index contributed by atoms with van der Waals surface area (Å²) in [5.74, 6) is 1.82. The van der Waals surface area contributed by atoms with E-state index in [2.05, 4.69) is 43.1 Å². The van der Waals surface area contributed by atoms with Crippen molar-refractivity contribution < 1.29 is 9.13 Å². The summed E-state index contributed by atoms with van der Waals surface area (Å²) in [6.45, 7) is 7.28. The molecule has 6 heteroatoms. The third-order valence-corrected chi connectivity index (χ3v) is 6.38. The van der Waals surface area contributed by atoms with Gasteiger partial charge in [-0.15, -0.1) is 0 Å². The number of hydrogen-bond acceptors (Lipinski definition) is 2. The molecule has 35 heavy (non-hydrogen) atoms. The van der Waals surface area contributed by atoms with Crippen LogP contribution in [0.25, 0.3) is 0 Å². The standard InChI is InChI=1S/C29H33FN4O/c1-20-9-7-10-21(2)27(20)28(31-24-16-14-23(30)15-17-24)33-29(34-18-6-5-11-22(34)3)32-25-12-8-13-26(19-25)35-4/h7-10,12-17,19,22H,5-6,11,18H2,1-4H3,(H,31,32,33). The summed E-state index contributed by atoms with van der Waals surface area (Å²) >= 11 is 0. The molecule has 1 unspecified atom stereocenters. The number of benzene rings is 3. The summed E-state index contributed by atoms with van der Waals surface area (Å²) in [6.07, 6.45) is 3.42. The normalized spacial score (nSPS) is 16.8. The van der Waals surface area contributed by atoms with Crippen LogP contribution in [0.5, 0.6) is 5.75 Å². The van der Waals surface area contributed by atoms with Gasteiger partial charge in [0.15, 0.2) is 5.84 Å². The second-order valence-corrected chi connectivity index (χ2v) is 9.01. The number of aliphatic imine (C=N–C) groups is 2. The van der Waals surface area contributed by atoms with Crippen molar-refractivity contribution in [3.63, 3.8) is 0 Å². The minimum Gasteiger partial charge on any atom is -0.497 e. The van der Waals surface area contributed by atoms with Crippen LogP contribution in [0.1, 0.15) is 42.9 Å². The number of halogens is 1. The number of rotatable bonds is 4. The Morgan fingerprint density at radius 2 is 1.71 bits per heavy atom. The van der Waals surface area contributed by atoms with E-state index >= 15 is 0 Å². The maximum absolute atomic E-state index is 13.6. The zero-order valence-corrected chi connectivity index (χ0v) is 20.9. The molecule has 1 aliphatic heterocycles. The Bertz CT molecular complexity index is 1200. The molecule has 4 rings (SSSR count).